The molecule has 0 atom stereocenters. The van der Waals surface area contributed by atoms with Crippen LogP contribution in [0.2, 0.25) is 0 Å². The molecule has 0 N–H and O–H groups in total. The van der Waals surface area contributed by atoms with Crippen LogP contribution in [0.25, 0.3) is 23.9 Å². The van der Waals surface area contributed by atoms with Crippen LogP contribution in [0.5, 0.6) is 0 Å². The van der Waals surface area contributed by atoms with Crippen molar-refractivity contribution in [2.45, 2.75) is 27.7 Å². The van der Waals surface area contributed by atoms with E-state index < -0.39 is 0 Å². The van der Waals surface area contributed by atoms with Crippen molar-refractivity contribution >= 4 is 52.4 Å². The van der Waals surface area contributed by atoms with Gasteiger partial charge >= 0.3 is 0 Å². The highest BCUT2D eigenvalue weighted by Gasteiger charge is 2.17. The number of hydrogen-bond acceptors (Lipinski definition) is 2. The maximum absolute atomic E-state index is 2.36. The SMILES string of the molecule is Cc1ccc(N(C(=Cc2ccccc2)c2ccc(C=Cc3ccc(N(c4ccc(C)cc4)c4ccc(C)cc4)cc3)cc2)c2ccc(C)cc2)cc1. The van der Waals surface area contributed by atoms with Crippen LogP contribution in [0.4, 0.5) is 28.4 Å². The summed E-state index contributed by atoms with van der Waals surface area (Å²) in [5.41, 5.74) is 16.3. The van der Waals surface area contributed by atoms with Gasteiger partial charge in [0.05, 0.1) is 5.70 Å². The lowest BCUT2D eigenvalue weighted by atomic mass is 10.0. The average molecular weight is 673 g/mol. The van der Waals surface area contributed by atoms with Gasteiger partial charge < -0.3 is 9.80 Å². The van der Waals surface area contributed by atoms with Gasteiger partial charge in [0, 0.05) is 28.4 Å². The topological polar surface area (TPSA) is 6.48 Å². The van der Waals surface area contributed by atoms with E-state index in [9.17, 15) is 0 Å². The fourth-order valence-electron chi connectivity index (χ4n) is 6.33. The molecular weight excluding hydrogens is 629 g/mol. The number of rotatable bonds is 10. The number of benzene rings is 7. The molecule has 254 valence electrons. The highest BCUT2D eigenvalue weighted by Crippen LogP contribution is 2.37. The number of aryl methyl sites for hydroxylation is 4. The monoisotopic (exact) mass is 672 g/mol. The second-order valence-electron chi connectivity index (χ2n) is 13.5. The van der Waals surface area contributed by atoms with E-state index in [0.717, 1.165) is 56.4 Å². The van der Waals surface area contributed by atoms with Crippen LogP contribution in [0, 0.1) is 27.7 Å². The molecule has 0 saturated carbocycles. The number of hydrogen-bond donors (Lipinski definition) is 0. The molecule has 0 saturated heterocycles. The van der Waals surface area contributed by atoms with Gasteiger partial charge in [-0.25, -0.2) is 0 Å². The van der Waals surface area contributed by atoms with Gasteiger partial charge in [-0.3, -0.25) is 0 Å². The molecule has 0 aliphatic heterocycles. The van der Waals surface area contributed by atoms with E-state index in [4.69, 9.17) is 0 Å². The molecule has 7 aromatic rings. The van der Waals surface area contributed by atoms with E-state index in [0.29, 0.717) is 0 Å². The lowest BCUT2D eigenvalue weighted by molar-refractivity contribution is 1.27. The van der Waals surface area contributed by atoms with Crippen LogP contribution >= 0.6 is 0 Å². The Morgan fingerprint density at radius 1 is 0.346 bits per heavy atom. The summed E-state index contributed by atoms with van der Waals surface area (Å²) in [5.74, 6) is 0. The third-order valence-electron chi connectivity index (χ3n) is 9.34. The Hall–Kier alpha value is -6.38. The minimum Gasteiger partial charge on any atom is -0.311 e. The summed E-state index contributed by atoms with van der Waals surface area (Å²) in [7, 11) is 0. The number of nitrogens with zero attached hydrogens (tertiary/aromatic N) is 2. The minimum absolute atomic E-state index is 1.11. The van der Waals surface area contributed by atoms with E-state index in [1.54, 1.807) is 0 Å². The van der Waals surface area contributed by atoms with E-state index in [-0.39, 0.29) is 0 Å². The maximum Gasteiger partial charge on any atom is 0.0539 e. The first-order chi connectivity index (χ1) is 25.4. The first-order valence-corrected chi connectivity index (χ1v) is 17.9. The van der Waals surface area contributed by atoms with Crippen molar-refractivity contribution in [1.29, 1.82) is 0 Å². The van der Waals surface area contributed by atoms with Gasteiger partial charge in [0.2, 0.25) is 0 Å². The van der Waals surface area contributed by atoms with Gasteiger partial charge in [0.25, 0.3) is 0 Å². The van der Waals surface area contributed by atoms with E-state index in [1.807, 2.05) is 0 Å². The molecule has 0 heterocycles. The second-order valence-corrected chi connectivity index (χ2v) is 13.5. The van der Waals surface area contributed by atoms with E-state index >= 15 is 0 Å². The molecule has 2 heteroatoms. The Bertz CT molecular complexity index is 2170. The van der Waals surface area contributed by atoms with Gasteiger partial charge in [-0.05, 0) is 117 Å². The molecule has 0 spiro atoms. The van der Waals surface area contributed by atoms with E-state index in [1.165, 1.54) is 22.3 Å². The quantitative estimate of drug-likeness (QED) is 0.133. The first-order valence-electron chi connectivity index (χ1n) is 17.9. The van der Waals surface area contributed by atoms with Gasteiger partial charge in [-0.2, -0.15) is 0 Å². The van der Waals surface area contributed by atoms with Crippen molar-refractivity contribution in [3.05, 3.63) is 220 Å². The van der Waals surface area contributed by atoms with Crippen molar-refractivity contribution in [2.24, 2.45) is 0 Å². The zero-order chi connectivity index (χ0) is 35.9. The fourth-order valence-corrected chi connectivity index (χ4v) is 6.33. The Labute approximate surface area is 309 Å². The lowest BCUT2D eigenvalue weighted by Gasteiger charge is -2.29. The largest absolute Gasteiger partial charge is 0.311 e. The van der Waals surface area contributed by atoms with Crippen LogP contribution in [0.15, 0.2) is 176 Å². The van der Waals surface area contributed by atoms with Gasteiger partial charge in [-0.15, -0.1) is 0 Å². The summed E-state index contributed by atoms with van der Waals surface area (Å²) >= 11 is 0. The molecule has 0 aliphatic carbocycles. The summed E-state index contributed by atoms with van der Waals surface area (Å²) in [4.78, 5) is 4.66. The Morgan fingerprint density at radius 3 is 1.10 bits per heavy atom. The lowest BCUT2D eigenvalue weighted by Crippen LogP contribution is -2.15. The van der Waals surface area contributed by atoms with Crippen LogP contribution in [0.1, 0.15) is 44.5 Å². The smallest absolute Gasteiger partial charge is 0.0539 e. The highest BCUT2D eigenvalue weighted by atomic mass is 15.2. The van der Waals surface area contributed by atoms with Gasteiger partial charge in [0.1, 0.15) is 0 Å². The van der Waals surface area contributed by atoms with Gasteiger partial charge in [0.15, 0.2) is 0 Å². The van der Waals surface area contributed by atoms with Crippen LogP contribution in [-0.2, 0) is 0 Å². The van der Waals surface area contributed by atoms with Crippen molar-refractivity contribution < 1.29 is 0 Å². The molecule has 7 rings (SSSR count). The molecule has 0 fully saturated rings. The van der Waals surface area contributed by atoms with Gasteiger partial charge in [-0.1, -0.05) is 150 Å². The fraction of sp³-hybridized carbons (Fsp3) is 0.0800. The maximum atomic E-state index is 2.36. The zero-order valence-electron chi connectivity index (χ0n) is 30.4. The van der Waals surface area contributed by atoms with Crippen molar-refractivity contribution in [2.75, 3.05) is 9.80 Å². The zero-order valence-corrected chi connectivity index (χ0v) is 30.4. The second kappa shape index (κ2) is 15.7. The molecule has 0 aliphatic rings. The normalized spacial score (nSPS) is 11.5. The summed E-state index contributed by atoms with van der Waals surface area (Å²) < 4.78 is 0. The van der Waals surface area contributed by atoms with Crippen LogP contribution in [-0.4, -0.2) is 0 Å². The third-order valence-corrected chi connectivity index (χ3v) is 9.34. The highest BCUT2D eigenvalue weighted by molar-refractivity contribution is 5.96. The Balaban J connectivity index is 1.18. The number of anilines is 5. The van der Waals surface area contributed by atoms with Crippen LogP contribution < -0.4 is 9.80 Å². The molecule has 0 bridgehead atoms. The predicted octanol–water partition coefficient (Wildman–Crippen LogP) is 13.9. The average Bonchev–Trinajstić information content (AvgIpc) is 3.18. The molecular formula is C50H44N2. The molecule has 0 aromatic heterocycles. The molecule has 0 amide bonds. The molecule has 2 nitrogen and oxygen atoms in total. The van der Waals surface area contributed by atoms with E-state index in [2.05, 4.69) is 232 Å². The van der Waals surface area contributed by atoms with Crippen molar-refractivity contribution in [1.82, 2.24) is 0 Å². The molecule has 0 unspecified atom stereocenters. The van der Waals surface area contributed by atoms with Crippen molar-refractivity contribution in [3.8, 4) is 0 Å². The summed E-state index contributed by atoms with van der Waals surface area (Å²) in [6.45, 7) is 8.51. The summed E-state index contributed by atoms with van der Waals surface area (Å²) in [6, 6.07) is 63.2. The summed E-state index contributed by atoms with van der Waals surface area (Å²) in [5, 5.41) is 0. The molecule has 0 radical (unpaired) electrons. The molecule has 7 aromatic carbocycles. The third kappa shape index (κ3) is 8.15. The summed E-state index contributed by atoms with van der Waals surface area (Å²) in [6.07, 6.45) is 6.66. The Kier molecular flexibility index (Phi) is 10.3. The molecule has 52 heavy (non-hydrogen) atoms. The predicted molar refractivity (Wildman–Crippen MR) is 225 cm³/mol. The van der Waals surface area contributed by atoms with Crippen molar-refractivity contribution in [3.63, 3.8) is 0 Å². The standard InChI is InChI=1S/C50H44N2/c1-37-10-26-45(27-11-37)51(46-28-12-38(2)13-29-46)47-34-22-42(23-35-47)19-18-41-20-24-44(25-21-41)50(36-43-8-6-5-7-9-43)52(48-30-14-39(3)15-31-48)49-32-16-40(4)17-33-49/h5-36H,1-4H3. The first kappa shape index (κ1) is 34.1. The minimum atomic E-state index is 1.11. The van der Waals surface area contributed by atoms with Crippen LogP contribution in [0.3, 0.4) is 0 Å². The Morgan fingerprint density at radius 2 is 0.692 bits per heavy atom.